The quantitative estimate of drug-likeness (QED) is 0.682. The van der Waals surface area contributed by atoms with Gasteiger partial charge in [0.2, 0.25) is 0 Å². The van der Waals surface area contributed by atoms with E-state index in [4.69, 9.17) is 16.3 Å². The Hall–Kier alpha value is -1.98. The fourth-order valence-electron chi connectivity index (χ4n) is 1.83. The first-order chi connectivity index (χ1) is 8.99. The number of halogens is 2. The molecule has 0 unspecified atom stereocenters. The minimum atomic E-state index is -2.15. The molecular formula is C11H10F2N2O4. The van der Waals surface area contributed by atoms with Crippen molar-refractivity contribution in [3.63, 3.8) is 0 Å². The van der Waals surface area contributed by atoms with E-state index >= 15 is 0 Å². The minimum Gasteiger partial charge on any atom is -0.394 e. The van der Waals surface area contributed by atoms with Crippen molar-refractivity contribution in [2.75, 3.05) is 6.61 Å². The fourth-order valence-corrected chi connectivity index (χ4v) is 1.83. The van der Waals surface area contributed by atoms with E-state index in [1.54, 1.807) is 0 Å². The number of terminal acetylenes is 1. The summed E-state index contributed by atoms with van der Waals surface area (Å²) in [6, 6.07) is 0. The lowest BCUT2D eigenvalue weighted by molar-refractivity contribution is -0.0437. The molecule has 1 aromatic rings. The number of hydrogen-bond donors (Lipinski definition) is 2. The van der Waals surface area contributed by atoms with E-state index in [1.807, 2.05) is 10.9 Å². The lowest BCUT2D eigenvalue weighted by Crippen LogP contribution is -2.36. The summed E-state index contributed by atoms with van der Waals surface area (Å²) in [5.41, 5.74) is -1.98. The molecule has 1 fully saturated rings. The zero-order valence-corrected chi connectivity index (χ0v) is 9.55. The first kappa shape index (κ1) is 13.5. The maximum Gasteiger partial charge on any atom is 0.330 e. The highest BCUT2D eigenvalue weighted by Gasteiger charge is 2.46. The van der Waals surface area contributed by atoms with Crippen molar-refractivity contribution in [2.45, 2.75) is 24.7 Å². The number of aliphatic hydroxyl groups excluding tert-OH is 1. The number of alkyl halides is 2. The van der Waals surface area contributed by atoms with Gasteiger partial charge in [-0.2, -0.15) is 0 Å². The summed E-state index contributed by atoms with van der Waals surface area (Å²) in [4.78, 5) is 24.7. The van der Waals surface area contributed by atoms with Gasteiger partial charge >= 0.3 is 5.69 Å². The Kier molecular flexibility index (Phi) is 3.50. The minimum absolute atomic E-state index is 0.210. The highest BCUT2D eigenvalue weighted by Crippen LogP contribution is 2.32. The summed E-state index contributed by atoms with van der Waals surface area (Å²) in [7, 11) is 0. The Morgan fingerprint density at radius 1 is 1.47 bits per heavy atom. The molecule has 1 saturated heterocycles. The molecule has 0 bridgehead atoms. The number of ether oxygens (including phenoxy) is 1. The summed E-state index contributed by atoms with van der Waals surface area (Å²) in [5, 5.41) is 8.82. The normalized spacial score (nSPS) is 30.2. The van der Waals surface area contributed by atoms with E-state index in [0.29, 0.717) is 4.57 Å². The molecule has 2 N–H and O–H groups in total. The van der Waals surface area contributed by atoms with Crippen molar-refractivity contribution >= 4 is 0 Å². The molecule has 0 radical (unpaired) electrons. The van der Waals surface area contributed by atoms with Gasteiger partial charge in [0, 0.05) is 6.20 Å². The fraction of sp³-hybridized carbons (Fsp3) is 0.455. The summed E-state index contributed by atoms with van der Waals surface area (Å²) in [5.74, 6) is 2.01. The van der Waals surface area contributed by atoms with Crippen molar-refractivity contribution in [1.82, 2.24) is 9.55 Å². The summed E-state index contributed by atoms with van der Waals surface area (Å²) < 4.78 is 32.7. The molecule has 0 aromatic carbocycles. The second-order valence-corrected chi connectivity index (χ2v) is 3.99. The first-order valence-corrected chi connectivity index (χ1v) is 5.36. The maximum absolute atomic E-state index is 13.7. The third-order valence-electron chi connectivity index (χ3n) is 2.82. The van der Waals surface area contributed by atoms with Crippen molar-refractivity contribution in [2.24, 2.45) is 0 Å². The predicted octanol–water partition coefficient (Wildman–Crippen LogP) is -0.916. The Morgan fingerprint density at radius 3 is 2.68 bits per heavy atom. The molecule has 6 nitrogen and oxygen atoms in total. The van der Waals surface area contributed by atoms with Crippen molar-refractivity contribution in [3.05, 3.63) is 32.6 Å². The molecule has 19 heavy (non-hydrogen) atoms. The predicted molar refractivity (Wildman–Crippen MR) is 60.0 cm³/mol. The first-order valence-electron chi connectivity index (χ1n) is 5.36. The van der Waals surface area contributed by atoms with Gasteiger partial charge in [-0.15, -0.1) is 6.42 Å². The second-order valence-electron chi connectivity index (χ2n) is 3.99. The van der Waals surface area contributed by atoms with E-state index < -0.39 is 42.5 Å². The van der Waals surface area contributed by atoms with E-state index in [0.717, 1.165) is 6.20 Å². The van der Waals surface area contributed by atoms with Gasteiger partial charge in [0.25, 0.3) is 5.56 Å². The van der Waals surface area contributed by atoms with Gasteiger partial charge in [-0.1, -0.05) is 5.92 Å². The maximum atomic E-state index is 13.7. The van der Waals surface area contributed by atoms with Crippen LogP contribution in [-0.2, 0) is 4.74 Å². The standard InChI is InChI=1S/C11H10F2N2O4/c1-2-5-3-15(11(18)14-9(5)17)10-8(13)7(12)6(4-16)19-10/h1,3,6-8,10,16H,4H2,(H,14,17,18)/t6-,7-,8-,10-/m1/s1. The van der Waals surface area contributed by atoms with Crippen LogP contribution in [0.4, 0.5) is 8.78 Å². The number of rotatable bonds is 2. The van der Waals surface area contributed by atoms with Gasteiger partial charge in [0.15, 0.2) is 18.6 Å². The summed E-state index contributed by atoms with van der Waals surface area (Å²) in [6.45, 7) is -0.724. The lowest BCUT2D eigenvalue weighted by Gasteiger charge is -2.15. The molecule has 1 aliphatic rings. The average Bonchev–Trinajstić information content (AvgIpc) is 2.67. The van der Waals surface area contributed by atoms with E-state index in [9.17, 15) is 18.4 Å². The van der Waals surface area contributed by atoms with E-state index in [2.05, 4.69) is 0 Å². The Morgan fingerprint density at radius 2 is 2.16 bits per heavy atom. The topological polar surface area (TPSA) is 84.3 Å². The number of hydrogen-bond acceptors (Lipinski definition) is 4. The van der Waals surface area contributed by atoms with Crippen LogP contribution in [0.2, 0.25) is 0 Å². The molecule has 0 aliphatic carbocycles. The monoisotopic (exact) mass is 272 g/mol. The number of nitrogens with one attached hydrogen (secondary N) is 1. The number of aromatic amines is 1. The smallest absolute Gasteiger partial charge is 0.330 e. The van der Waals surface area contributed by atoms with Crippen LogP contribution in [0.15, 0.2) is 15.8 Å². The van der Waals surface area contributed by atoms with Gasteiger partial charge in [-0.3, -0.25) is 14.3 Å². The molecule has 102 valence electrons. The van der Waals surface area contributed by atoms with Gasteiger partial charge in [0.1, 0.15) is 11.7 Å². The third-order valence-corrected chi connectivity index (χ3v) is 2.82. The van der Waals surface area contributed by atoms with Crippen LogP contribution >= 0.6 is 0 Å². The molecule has 1 aliphatic heterocycles. The van der Waals surface area contributed by atoms with E-state index in [-0.39, 0.29) is 5.56 Å². The van der Waals surface area contributed by atoms with Crippen LogP contribution in [0.3, 0.4) is 0 Å². The summed E-state index contributed by atoms with van der Waals surface area (Å²) >= 11 is 0. The average molecular weight is 272 g/mol. The van der Waals surface area contributed by atoms with Crippen LogP contribution in [0.1, 0.15) is 11.8 Å². The Labute approximate surface area is 105 Å². The van der Waals surface area contributed by atoms with Gasteiger partial charge in [-0.25, -0.2) is 13.6 Å². The second kappa shape index (κ2) is 4.95. The van der Waals surface area contributed by atoms with Crippen LogP contribution < -0.4 is 11.2 Å². The summed E-state index contributed by atoms with van der Waals surface area (Å²) in [6.07, 6.45) is -1.19. The zero-order valence-electron chi connectivity index (χ0n) is 9.55. The Bertz CT molecular complexity index is 633. The van der Waals surface area contributed by atoms with Crippen LogP contribution in [-0.4, -0.2) is 39.7 Å². The van der Waals surface area contributed by atoms with Crippen molar-refractivity contribution in [3.8, 4) is 12.3 Å². The van der Waals surface area contributed by atoms with Gasteiger partial charge < -0.3 is 9.84 Å². The molecule has 1 aromatic heterocycles. The molecule has 8 heteroatoms. The van der Waals surface area contributed by atoms with Gasteiger partial charge in [-0.05, 0) is 0 Å². The lowest BCUT2D eigenvalue weighted by atomic mass is 10.2. The number of nitrogens with zero attached hydrogens (tertiary/aromatic N) is 1. The van der Waals surface area contributed by atoms with Crippen LogP contribution in [0, 0.1) is 12.3 Å². The highest BCUT2D eigenvalue weighted by molar-refractivity contribution is 5.26. The van der Waals surface area contributed by atoms with Crippen molar-refractivity contribution in [1.29, 1.82) is 0 Å². The van der Waals surface area contributed by atoms with E-state index in [1.165, 1.54) is 0 Å². The highest BCUT2D eigenvalue weighted by atomic mass is 19.2. The van der Waals surface area contributed by atoms with Gasteiger partial charge in [0.05, 0.1) is 6.61 Å². The SMILES string of the molecule is C#Cc1cn([C@@H]2O[C@H](CO)[C@@H](F)[C@H]2F)c(=O)[nH]c1=O. The molecule has 2 rings (SSSR count). The Balaban J connectivity index is 2.46. The molecule has 4 atom stereocenters. The molecule has 0 amide bonds. The van der Waals surface area contributed by atoms with Crippen molar-refractivity contribution < 1.29 is 18.6 Å². The molecule has 0 saturated carbocycles. The largest absolute Gasteiger partial charge is 0.394 e. The molecular weight excluding hydrogens is 262 g/mol. The molecule has 0 spiro atoms. The third kappa shape index (κ3) is 2.18. The zero-order chi connectivity index (χ0) is 14.2. The number of aromatic nitrogens is 2. The number of H-pyrrole nitrogens is 1. The molecule has 2 heterocycles. The van der Waals surface area contributed by atoms with Crippen LogP contribution in [0.5, 0.6) is 0 Å². The number of aliphatic hydroxyl groups is 1. The van der Waals surface area contributed by atoms with Crippen LogP contribution in [0.25, 0.3) is 0 Å².